The second kappa shape index (κ2) is 7.36. The molecule has 0 bridgehead atoms. The Kier molecular flexibility index (Phi) is 5.51. The average molecular weight is 289 g/mol. The maximum atomic E-state index is 13.6. The monoisotopic (exact) mass is 289 g/mol. The quantitative estimate of drug-likeness (QED) is 0.845. The summed E-state index contributed by atoms with van der Waals surface area (Å²) in [5.41, 5.74) is 3.40. The molecule has 1 heterocycles. The van der Waals surface area contributed by atoms with E-state index in [0.29, 0.717) is 0 Å². The third-order valence-corrected chi connectivity index (χ3v) is 3.87. The van der Waals surface area contributed by atoms with Gasteiger partial charge in [-0.3, -0.25) is 4.68 Å². The van der Waals surface area contributed by atoms with Gasteiger partial charge >= 0.3 is 0 Å². The van der Waals surface area contributed by atoms with Gasteiger partial charge in [0, 0.05) is 25.0 Å². The zero-order valence-electron chi connectivity index (χ0n) is 13.1. The minimum absolute atomic E-state index is 0.167. The van der Waals surface area contributed by atoms with Gasteiger partial charge in [-0.1, -0.05) is 13.0 Å². The first-order chi connectivity index (χ1) is 10.1. The van der Waals surface area contributed by atoms with Crippen LogP contribution in [0.25, 0.3) is 0 Å². The molecule has 114 valence electrons. The molecule has 4 heteroatoms. The predicted molar refractivity (Wildman–Crippen MR) is 83.7 cm³/mol. The van der Waals surface area contributed by atoms with Crippen LogP contribution >= 0.6 is 0 Å². The maximum Gasteiger partial charge on any atom is 0.123 e. The number of hydrogen-bond acceptors (Lipinski definition) is 2. The van der Waals surface area contributed by atoms with Crippen molar-refractivity contribution in [2.75, 3.05) is 6.54 Å². The second-order valence-corrected chi connectivity index (χ2v) is 5.49. The largest absolute Gasteiger partial charge is 0.310 e. The molecule has 0 amide bonds. The second-order valence-electron chi connectivity index (χ2n) is 5.49. The summed E-state index contributed by atoms with van der Waals surface area (Å²) in [6, 6.07) is 7.25. The number of nitrogens with one attached hydrogen (secondary N) is 1. The first-order valence-corrected chi connectivity index (χ1v) is 7.58. The van der Waals surface area contributed by atoms with E-state index in [-0.39, 0.29) is 11.9 Å². The van der Waals surface area contributed by atoms with E-state index in [2.05, 4.69) is 17.3 Å². The van der Waals surface area contributed by atoms with E-state index in [0.717, 1.165) is 36.9 Å². The molecule has 3 nitrogen and oxygen atoms in total. The van der Waals surface area contributed by atoms with E-state index in [4.69, 9.17) is 0 Å². The number of aryl methyl sites for hydroxylation is 3. The standard InChI is InChI=1S/C17H24FN3/c1-4-10-19-17(8-7-15-9-11-20-21(15)3)16-12-14(18)6-5-13(16)2/h5-6,9,11-12,17,19H,4,7-8,10H2,1-3H3. The number of halogens is 1. The summed E-state index contributed by atoms with van der Waals surface area (Å²) >= 11 is 0. The minimum Gasteiger partial charge on any atom is -0.310 e. The van der Waals surface area contributed by atoms with Gasteiger partial charge in [0.25, 0.3) is 0 Å². The molecule has 0 aliphatic heterocycles. The van der Waals surface area contributed by atoms with Crippen LogP contribution in [0.2, 0.25) is 0 Å². The Labute approximate surface area is 126 Å². The van der Waals surface area contributed by atoms with Crippen LogP contribution in [0.5, 0.6) is 0 Å². The molecule has 21 heavy (non-hydrogen) atoms. The normalized spacial score (nSPS) is 12.6. The first-order valence-electron chi connectivity index (χ1n) is 7.58. The Balaban J connectivity index is 2.13. The van der Waals surface area contributed by atoms with E-state index in [1.165, 1.54) is 11.8 Å². The average Bonchev–Trinajstić information content (AvgIpc) is 2.87. The molecule has 1 unspecified atom stereocenters. The summed E-state index contributed by atoms with van der Waals surface area (Å²) < 4.78 is 15.5. The lowest BCUT2D eigenvalue weighted by molar-refractivity contribution is 0.486. The Bertz CT molecular complexity index is 577. The molecule has 0 saturated heterocycles. The molecule has 1 aromatic heterocycles. The van der Waals surface area contributed by atoms with Gasteiger partial charge in [-0.25, -0.2) is 4.39 Å². The predicted octanol–water partition coefficient (Wildman–Crippen LogP) is 3.54. The summed E-state index contributed by atoms with van der Waals surface area (Å²) in [5, 5.41) is 7.74. The van der Waals surface area contributed by atoms with Crippen molar-refractivity contribution in [3.05, 3.63) is 53.1 Å². The number of benzene rings is 1. The fraction of sp³-hybridized carbons (Fsp3) is 0.471. The highest BCUT2D eigenvalue weighted by Crippen LogP contribution is 2.23. The molecular formula is C17H24FN3. The molecule has 1 atom stereocenters. The first kappa shape index (κ1) is 15.7. The number of rotatable bonds is 7. The molecule has 1 N–H and O–H groups in total. The van der Waals surface area contributed by atoms with Crippen molar-refractivity contribution in [1.29, 1.82) is 0 Å². The Hall–Kier alpha value is -1.68. The highest BCUT2D eigenvalue weighted by Gasteiger charge is 2.15. The lowest BCUT2D eigenvalue weighted by atomic mass is 9.96. The molecule has 0 saturated carbocycles. The minimum atomic E-state index is -0.167. The van der Waals surface area contributed by atoms with Crippen molar-refractivity contribution >= 4 is 0 Å². The van der Waals surface area contributed by atoms with Gasteiger partial charge in [0.2, 0.25) is 0 Å². The lowest BCUT2D eigenvalue weighted by Crippen LogP contribution is -2.24. The summed E-state index contributed by atoms with van der Waals surface area (Å²) in [5.74, 6) is -0.167. The molecule has 0 aliphatic rings. The van der Waals surface area contributed by atoms with Crippen molar-refractivity contribution in [2.24, 2.45) is 7.05 Å². The van der Waals surface area contributed by atoms with Gasteiger partial charge in [0.05, 0.1) is 0 Å². The topological polar surface area (TPSA) is 29.9 Å². The van der Waals surface area contributed by atoms with Crippen LogP contribution in [0.15, 0.2) is 30.5 Å². The van der Waals surface area contributed by atoms with E-state index < -0.39 is 0 Å². The SMILES string of the molecule is CCCNC(CCc1ccnn1C)c1cc(F)ccc1C. The number of aromatic nitrogens is 2. The van der Waals surface area contributed by atoms with Gasteiger partial charge in [0.1, 0.15) is 5.82 Å². The molecule has 2 rings (SSSR count). The lowest BCUT2D eigenvalue weighted by Gasteiger charge is -2.21. The molecule has 0 spiro atoms. The molecule has 0 fully saturated rings. The zero-order valence-corrected chi connectivity index (χ0v) is 13.1. The van der Waals surface area contributed by atoms with E-state index in [9.17, 15) is 4.39 Å². The summed E-state index contributed by atoms with van der Waals surface area (Å²) in [7, 11) is 1.96. The van der Waals surface area contributed by atoms with Crippen LogP contribution in [0.3, 0.4) is 0 Å². The maximum absolute atomic E-state index is 13.6. The molecule has 0 radical (unpaired) electrons. The van der Waals surface area contributed by atoms with Crippen molar-refractivity contribution in [1.82, 2.24) is 15.1 Å². The Morgan fingerprint density at radius 2 is 2.14 bits per heavy atom. The molecular weight excluding hydrogens is 265 g/mol. The van der Waals surface area contributed by atoms with Gasteiger partial charge in [-0.05, 0) is 62.1 Å². The van der Waals surface area contributed by atoms with Crippen LogP contribution in [0.4, 0.5) is 4.39 Å². The van der Waals surface area contributed by atoms with E-state index in [1.807, 2.05) is 37.0 Å². The van der Waals surface area contributed by atoms with Gasteiger partial charge in [-0.2, -0.15) is 5.10 Å². The molecule has 2 aromatic rings. The summed E-state index contributed by atoms with van der Waals surface area (Å²) in [6.07, 6.45) is 4.74. The third-order valence-electron chi connectivity index (χ3n) is 3.87. The van der Waals surface area contributed by atoms with Crippen molar-refractivity contribution < 1.29 is 4.39 Å². The smallest absolute Gasteiger partial charge is 0.123 e. The molecule has 0 aliphatic carbocycles. The fourth-order valence-electron chi connectivity index (χ4n) is 2.61. The van der Waals surface area contributed by atoms with Crippen molar-refractivity contribution in [3.63, 3.8) is 0 Å². The van der Waals surface area contributed by atoms with Crippen molar-refractivity contribution in [3.8, 4) is 0 Å². The highest BCUT2D eigenvalue weighted by atomic mass is 19.1. The fourth-order valence-corrected chi connectivity index (χ4v) is 2.61. The third kappa shape index (κ3) is 4.14. The van der Waals surface area contributed by atoms with Crippen LogP contribution in [0, 0.1) is 12.7 Å². The number of nitrogens with zero attached hydrogens (tertiary/aromatic N) is 2. The summed E-state index contributed by atoms with van der Waals surface area (Å²) in [6.45, 7) is 5.12. The Morgan fingerprint density at radius 3 is 2.81 bits per heavy atom. The van der Waals surface area contributed by atoms with Crippen molar-refractivity contribution in [2.45, 2.75) is 39.2 Å². The van der Waals surface area contributed by atoms with Gasteiger partial charge in [0.15, 0.2) is 0 Å². The van der Waals surface area contributed by atoms with Crippen LogP contribution < -0.4 is 5.32 Å². The summed E-state index contributed by atoms with van der Waals surface area (Å²) in [4.78, 5) is 0. The number of hydrogen-bond donors (Lipinski definition) is 1. The van der Waals surface area contributed by atoms with Gasteiger partial charge < -0.3 is 5.32 Å². The van der Waals surface area contributed by atoms with Crippen LogP contribution in [0.1, 0.15) is 42.6 Å². The van der Waals surface area contributed by atoms with Crippen LogP contribution in [-0.4, -0.2) is 16.3 Å². The van der Waals surface area contributed by atoms with E-state index in [1.54, 1.807) is 6.07 Å². The van der Waals surface area contributed by atoms with E-state index >= 15 is 0 Å². The zero-order chi connectivity index (χ0) is 15.2. The highest BCUT2D eigenvalue weighted by molar-refractivity contribution is 5.29. The molecule has 1 aromatic carbocycles. The van der Waals surface area contributed by atoms with Crippen LogP contribution in [-0.2, 0) is 13.5 Å². The Morgan fingerprint density at radius 1 is 1.33 bits per heavy atom. The van der Waals surface area contributed by atoms with Gasteiger partial charge in [-0.15, -0.1) is 0 Å².